The van der Waals surface area contributed by atoms with Crippen LogP contribution in [0, 0.1) is 18.3 Å². The highest BCUT2D eigenvalue weighted by atomic mass is 15.5. The van der Waals surface area contributed by atoms with Gasteiger partial charge < -0.3 is 5.32 Å². The molecule has 2 aromatic heterocycles. The fourth-order valence-electron chi connectivity index (χ4n) is 2.09. The van der Waals surface area contributed by atoms with Crippen molar-refractivity contribution in [3.8, 4) is 17.3 Å². The first kappa shape index (κ1) is 14.4. The van der Waals surface area contributed by atoms with Crippen LogP contribution in [0.4, 0.5) is 5.69 Å². The highest BCUT2D eigenvalue weighted by Crippen LogP contribution is 2.22. The molecule has 23 heavy (non-hydrogen) atoms. The van der Waals surface area contributed by atoms with Crippen molar-refractivity contribution < 1.29 is 0 Å². The van der Waals surface area contributed by atoms with Gasteiger partial charge in [-0.3, -0.25) is 4.98 Å². The van der Waals surface area contributed by atoms with Gasteiger partial charge in [-0.25, -0.2) is 0 Å². The number of H-pyrrole nitrogens is 1. The van der Waals surface area contributed by atoms with Crippen LogP contribution in [0.25, 0.3) is 16.8 Å². The quantitative estimate of drug-likeness (QED) is 0.718. The Morgan fingerprint density at radius 1 is 1.26 bits per heavy atom. The Morgan fingerprint density at radius 2 is 2.09 bits per heavy atom. The minimum atomic E-state index is 0.251. The first-order chi connectivity index (χ1) is 11.3. The highest BCUT2D eigenvalue weighted by molar-refractivity contribution is 5.74. The van der Waals surface area contributed by atoms with Gasteiger partial charge in [0, 0.05) is 23.6 Å². The first-order valence-electron chi connectivity index (χ1n) is 6.90. The van der Waals surface area contributed by atoms with Crippen LogP contribution in [0.5, 0.6) is 0 Å². The number of anilines is 1. The lowest BCUT2D eigenvalue weighted by Crippen LogP contribution is -1.93. The van der Waals surface area contributed by atoms with Crippen LogP contribution in [0.2, 0.25) is 0 Å². The van der Waals surface area contributed by atoms with Gasteiger partial charge in [0.1, 0.15) is 11.6 Å². The molecule has 7 heteroatoms. The Labute approximate surface area is 132 Å². The summed E-state index contributed by atoms with van der Waals surface area (Å²) in [7, 11) is 0. The Bertz CT molecular complexity index is 858. The van der Waals surface area contributed by atoms with Crippen molar-refractivity contribution in [1.82, 2.24) is 25.6 Å². The van der Waals surface area contributed by atoms with E-state index in [-0.39, 0.29) is 5.82 Å². The molecule has 0 radical (unpaired) electrons. The molecule has 0 aliphatic rings. The molecule has 3 rings (SSSR count). The number of tetrazole rings is 1. The van der Waals surface area contributed by atoms with E-state index in [2.05, 4.69) is 30.9 Å². The molecule has 2 heterocycles. The van der Waals surface area contributed by atoms with E-state index in [1.165, 1.54) is 0 Å². The molecule has 0 aliphatic heterocycles. The molecular formula is C16H13N7. The Morgan fingerprint density at radius 3 is 2.74 bits per heavy atom. The predicted octanol–water partition coefficient (Wildman–Crippen LogP) is 2.55. The predicted molar refractivity (Wildman–Crippen MR) is 85.8 cm³/mol. The lowest BCUT2D eigenvalue weighted by molar-refractivity contribution is 0.881. The maximum atomic E-state index is 9.11. The number of allylic oxidation sites excluding steroid dienone is 1. The third kappa shape index (κ3) is 3.22. The van der Waals surface area contributed by atoms with Gasteiger partial charge in [-0.15, -0.1) is 10.2 Å². The summed E-state index contributed by atoms with van der Waals surface area (Å²) in [6.45, 7) is 2.03. The van der Waals surface area contributed by atoms with Gasteiger partial charge in [-0.2, -0.15) is 10.5 Å². The van der Waals surface area contributed by atoms with E-state index in [0.29, 0.717) is 5.57 Å². The zero-order valence-electron chi connectivity index (χ0n) is 12.4. The fraction of sp³-hybridized carbons (Fsp3) is 0.0625. The molecular weight excluding hydrogens is 290 g/mol. The number of benzene rings is 1. The van der Waals surface area contributed by atoms with Crippen molar-refractivity contribution in [2.24, 2.45) is 0 Å². The molecule has 112 valence electrons. The van der Waals surface area contributed by atoms with Crippen LogP contribution in [-0.2, 0) is 0 Å². The van der Waals surface area contributed by atoms with E-state index in [9.17, 15) is 0 Å². The van der Waals surface area contributed by atoms with Crippen LogP contribution in [-0.4, -0.2) is 25.6 Å². The highest BCUT2D eigenvalue weighted by Gasteiger charge is 2.06. The van der Waals surface area contributed by atoms with E-state index >= 15 is 0 Å². The van der Waals surface area contributed by atoms with Crippen LogP contribution >= 0.6 is 0 Å². The number of pyridine rings is 1. The number of aromatic nitrogens is 5. The molecule has 0 aliphatic carbocycles. The summed E-state index contributed by atoms with van der Waals surface area (Å²) in [6, 6.07) is 13.8. The molecule has 0 fully saturated rings. The van der Waals surface area contributed by atoms with Crippen LogP contribution in [0.15, 0.2) is 48.8 Å². The summed E-state index contributed by atoms with van der Waals surface area (Å²) in [4.78, 5) is 4.40. The van der Waals surface area contributed by atoms with Gasteiger partial charge in [0.25, 0.3) is 0 Å². The molecule has 0 spiro atoms. The van der Waals surface area contributed by atoms with E-state index in [1.54, 1.807) is 12.4 Å². The van der Waals surface area contributed by atoms with Crippen molar-refractivity contribution >= 4 is 11.3 Å². The zero-order chi connectivity index (χ0) is 16.1. The molecule has 1 aromatic carbocycles. The van der Waals surface area contributed by atoms with Gasteiger partial charge >= 0.3 is 0 Å². The molecule has 2 N–H and O–H groups in total. The summed E-state index contributed by atoms with van der Waals surface area (Å²) in [5.41, 5.74) is 4.26. The molecule has 0 bridgehead atoms. The topological polar surface area (TPSA) is 103 Å². The SMILES string of the molecule is Cc1cccnc1-c1ccc(NC=C(C#N)c2nn[nH]n2)cc1. The second-order valence-corrected chi connectivity index (χ2v) is 4.80. The summed E-state index contributed by atoms with van der Waals surface area (Å²) in [5.74, 6) is 0.251. The maximum Gasteiger partial charge on any atom is 0.216 e. The van der Waals surface area contributed by atoms with Gasteiger partial charge in [0.05, 0.1) is 5.69 Å². The van der Waals surface area contributed by atoms with Crippen LogP contribution < -0.4 is 5.32 Å². The fourth-order valence-corrected chi connectivity index (χ4v) is 2.09. The average molecular weight is 303 g/mol. The van der Waals surface area contributed by atoms with Crippen molar-refractivity contribution in [3.05, 3.63) is 60.2 Å². The minimum Gasteiger partial charge on any atom is -0.360 e. The molecule has 0 saturated carbocycles. The number of nitrogens with one attached hydrogen (secondary N) is 2. The maximum absolute atomic E-state index is 9.11. The number of nitriles is 1. The van der Waals surface area contributed by atoms with E-state index < -0.39 is 0 Å². The molecule has 7 nitrogen and oxygen atoms in total. The minimum absolute atomic E-state index is 0.251. The Hall–Kier alpha value is -3.53. The number of nitrogens with zero attached hydrogens (tertiary/aromatic N) is 5. The van der Waals surface area contributed by atoms with E-state index in [4.69, 9.17) is 5.26 Å². The summed E-state index contributed by atoms with van der Waals surface area (Å²) < 4.78 is 0. The monoisotopic (exact) mass is 303 g/mol. The number of hydrogen-bond acceptors (Lipinski definition) is 6. The largest absolute Gasteiger partial charge is 0.360 e. The molecule has 0 saturated heterocycles. The van der Waals surface area contributed by atoms with Crippen molar-refractivity contribution in [3.63, 3.8) is 0 Å². The van der Waals surface area contributed by atoms with Gasteiger partial charge in [-0.05, 0) is 35.9 Å². The van der Waals surface area contributed by atoms with Gasteiger partial charge in [0.15, 0.2) is 0 Å². The summed E-state index contributed by atoms with van der Waals surface area (Å²) in [6.07, 6.45) is 3.33. The number of hydrogen-bond donors (Lipinski definition) is 2. The van der Waals surface area contributed by atoms with Crippen LogP contribution in [0.1, 0.15) is 11.4 Å². The second kappa shape index (κ2) is 6.49. The lowest BCUT2D eigenvalue weighted by Gasteiger charge is -2.06. The van der Waals surface area contributed by atoms with Crippen molar-refractivity contribution in [2.45, 2.75) is 6.92 Å². The summed E-state index contributed by atoms with van der Waals surface area (Å²) in [5, 5.41) is 25.5. The molecule has 3 aromatic rings. The standard InChI is InChI=1S/C16H13N7/c1-11-3-2-8-18-15(11)12-4-6-14(7-5-12)19-10-13(9-17)16-20-22-23-21-16/h2-8,10,19H,1H3,(H,20,21,22,23). The number of rotatable bonds is 4. The number of aryl methyl sites for hydroxylation is 1. The summed E-state index contributed by atoms with van der Waals surface area (Å²) >= 11 is 0. The Balaban J connectivity index is 1.78. The first-order valence-corrected chi connectivity index (χ1v) is 6.90. The zero-order valence-corrected chi connectivity index (χ0v) is 12.4. The van der Waals surface area contributed by atoms with Crippen LogP contribution in [0.3, 0.4) is 0 Å². The molecule has 0 atom stereocenters. The average Bonchev–Trinajstić information content (AvgIpc) is 3.11. The second-order valence-electron chi connectivity index (χ2n) is 4.80. The van der Waals surface area contributed by atoms with E-state index in [0.717, 1.165) is 22.5 Å². The van der Waals surface area contributed by atoms with Crippen molar-refractivity contribution in [2.75, 3.05) is 5.32 Å². The third-order valence-electron chi connectivity index (χ3n) is 3.26. The van der Waals surface area contributed by atoms with Crippen molar-refractivity contribution in [1.29, 1.82) is 5.26 Å². The van der Waals surface area contributed by atoms with Gasteiger partial charge in [-0.1, -0.05) is 18.2 Å². The smallest absolute Gasteiger partial charge is 0.216 e. The number of aromatic amines is 1. The van der Waals surface area contributed by atoms with E-state index in [1.807, 2.05) is 49.4 Å². The third-order valence-corrected chi connectivity index (χ3v) is 3.26. The molecule has 0 unspecified atom stereocenters. The Kier molecular flexibility index (Phi) is 4.07. The normalized spacial score (nSPS) is 11.0. The lowest BCUT2D eigenvalue weighted by atomic mass is 10.1. The molecule has 0 amide bonds. The van der Waals surface area contributed by atoms with Gasteiger partial charge in [0.2, 0.25) is 5.82 Å².